The number of halogens is 1. The number of rotatable bonds is 6. The first kappa shape index (κ1) is 17.1. The van der Waals surface area contributed by atoms with Crippen molar-refractivity contribution in [2.24, 2.45) is 11.7 Å². The van der Waals surface area contributed by atoms with Gasteiger partial charge in [0.1, 0.15) is 0 Å². The smallest absolute Gasteiger partial charge is 0.220 e. The summed E-state index contributed by atoms with van der Waals surface area (Å²) < 4.78 is 0. The third-order valence-corrected chi connectivity index (χ3v) is 2.74. The van der Waals surface area contributed by atoms with Crippen LogP contribution in [0, 0.1) is 5.92 Å². The van der Waals surface area contributed by atoms with Crippen LogP contribution in [-0.4, -0.2) is 18.0 Å². The number of nitrogens with one attached hydrogen (secondary N) is 1. The Morgan fingerprint density at radius 2 is 1.80 bits per heavy atom. The Kier molecular flexibility index (Phi) is 9.07. The summed E-state index contributed by atoms with van der Waals surface area (Å²) in [5.41, 5.74) is 5.50. The summed E-state index contributed by atoms with van der Waals surface area (Å²) in [6.45, 7) is 8.73. The fourth-order valence-corrected chi connectivity index (χ4v) is 1.48. The maximum Gasteiger partial charge on any atom is 0.220 e. The third-order valence-electron chi connectivity index (χ3n) is 2.74. The van der Waals surface area contributed by atoms with Gasteiger partial charge in [0, 0.05) is 13.0 Å². The van der Waals surface area contributed by atoms with Crippen molar-refractivity contribution in [2.45, 2.75) is 52.5 Å². The van der Waals surface area contributed by atoms with E-state index in [1.807, 2.05) is 13.8 Å². The van der Waals surface area contributed by atoms with E-state index in [1.165, 1.54) is 0 Å². The molecule has 0 aliphatic heterocycles. The highest BCUT2D eigenvalue weighted by Crippen LogP contribution is 2.14. The van der Waals surface area contributed by atoms with Crippen molar-refractivity contribution in [1.29, 1.82) is 0 Å². The van der Waals surface area contributed by atoms with Crippen molar-refractivity contribution in [1.82, 2.24) is 5.32 Å². The average Bonchev–Trinajstić information content (AvgIpc) is 2.13. The summed E-state index contributed by atoms with van der Waals surface area (Å²) in [7, 11) is 0. The van der Waals surface area contributed by atoms with Crippen molar-refractivity contribution in [3.63, 3.8) is 0 Å². The van der Waals surface area contributed by atoms with E-state index in [4.69, 9.17) is 5.73 Å². The van der Waals surface area contributed by atoms with E-state index in [-0.39, 0.29) is 23.9 Å². The summed E-state index contributed by atoms with van der Waals surface area (Å²) in [6, 6.07) is 0. The molecule has 3 nitrogen and oxygen atoms in total. The van der Waals surface area contributed by atoms with E-state index in [0.29, 0.717) is 18.9 Å². The zero-order chi connectivity index (χ0) is 11.2. The molecule has 15 heavy (non-hydrogen) atoms. The average molecular weight is 237 g/mol. The van der Waals surface area contributed by atoms with E-state index in [9.17, 15) is 4.79 Å². The molecule has 1 amide bonds. The lowest BCUT2D eigenvalue weighted by Gasteiger charge is -2.31. The molecular weight excluding hydrogens is 212 g/mol. The summed E-state index contributed by atoms with van der Waals surface area (Å²) in [5.74, 6) is 0.522. The minimum absolute atomic E-state index is 0. The van der Waals surface area contributed by atoms with Gasteiger partial charge in [-0.1, -0.05) is 27.7 Å². The molecule has 0 heterocycles. The lowest BCUT2D eigenvalue weighted by molar-refractivity contribution is -0.123. The molecule has 0 aliphatic rings. The quantitative estimate of drug-likeness (QED) is 0.742. The standard InChI is InChI=1S/C11H24N2O.ClH/c1-5-11(6-2,8-12)13-10(14)7-9(3)4;/h9H,5-8,12H2,1-4H3,(H,13,14);1H. The van der Waals surface area contributed by atoms with Crippen LogP contribution in [0.2, 0.25) is 0 Å². The largest absolute Gasteiger partial charge is 0.349 e. The number of nitrogens with two attached hydrogens (primary N) is 1. The number of amides is 1. The Morgan fingerprint density at radius 1 is 1.33 bits per heavy atom. The summed E-state index contributed by atoms with van der Waals surface area (Å²) in [5, 5.41) is 3.05. The second kappa shape index (κ2) is 7.94. The van der Waals surface area contributed by atoms with Gasteiger partial charge in [-0.2, -0.15) is 0 Å². The van der Waals surface area contributed by atoms with Crippen LogP contribution >= 0.6 is 12.4 Å². The normalized spacial score (nSPS) is 11.1. The molecule has 0 aliphatic carbocycles. The molecule has 0 atom stereocenters. The lowest BCUT2D eigenvalue weighted by atomic mass is 9.92. The van der Waals surface area contributed by atoms with Gasteiger partial charge in [-0.05, 0) is 18.8 Å². The zero-order valence-corrected chi connectivity index (χ0v) is 11.1. The molecule has 0 saturated heterocycles. The minimum Gasteiger partial charge on any atom is -0.349 e. The molecule has 0 bridgehead atoms. The minimum atomic E-state index is -0.189. The van der Waals surface area contributed by atoms with Gasteiger partial charge < -0.3 is 11.1 Å². The first-order valence-corrected chi connectivity index (χ1v) is 5.50. The second-order valence-electron chi connectivity index (χ2n) is 4.34. The van der Waals surface area contributed by atoms with E-state index in [2.05, 4.69) is 19.2 Å². The summed E-state index contributed by atoms with van der Waals surface area (Å²) in [6.07, 6.45) is 2.37. The Balaban J connectivity index is 0. The van der Waals surface area contributed by atoms with E-state index >= 15 is 0 Å². The monoisotopic (exact) mass is 236 g/mol. The molecule has 0 rings (SSSR count). The van der Waals surface area contributed by atoms with Crippen LogP contribution in [0.25, 0.3) is 0 Å². The molecule has 0 aromatic heterocycles. The molecule has 92 valence electrons. The fraction of sp³-hybridized carbons (Fsp3) is 0.909. The van der Waals surface area contributed by atoms with Gasteiger partial charge in [-0.3, -0.25) is 4.79 Å². The van der Waals surface area contributed by atoms with Crippen LogP contribution in [-0.2, 0) is 4.79 Å². The first-order chi connectivity index (χ1) is 6.49. The molecule has 0 aromatic carbocycles. The number of hydrogen-bond acceptors (Lipinski definition) is 2. The molecule has 0 spiro atoms. The van der Waals surface area contributed by atoms with Crippen LogP contribution < -0.4 is 11.1 Å². The van der Waals surface area contributed by atoms with Gasteiger partial charge in [0.15, 0.2) is 0 Å². The molecule has 4 heteroatoms. The van der Waals surface area contributed by atoms with Crippen molar-refractivity contribution in [3.8, 4) is 0 Å². The SMILES string of the molecule is CCC(CC)(CN)NC(=O)CC(C)C.Cl. The molecular formula is C11H25ClN2O. The van der Waals surface area contributed by atoms with Crippen LogP contribution in [0.4, 0.5) is 0 Å². The van der Waals surface area contributed by atoms with E-state index in [0.717, 1.165) is 12.8 Å². The van der Waals surface area contributed by atoms with Gasteiger partial charge in [0.25, 0.3) is 0 Å². The van der Waals surface area contributed by atoms with Crippen molar-refractivity contribution in [3.05, 3.63) is 0 Å². The third kappa shape index (κ3) is 6.00. The lowest BCUT2D eigenvalue weighted by Crippen LogP contribution is -2.53. The molecule has 0 fully saturated rings. The van der Waals surface area contributed by atoms with Crippen molar-refractivity contribution >= 4 is 18.3 Å². The number of carbonyl (C=O) groups is 1. The zero-order valence-electron chi connectivity index (χ0n) is 10.3. The summed E-state index contributed by atoms with van der Waals surface area (Å²) >= 11 is 0. The molecule has 0 saturated carbocycles. The van der Waals surface area contributed by atoms with Gasteiger partial charge in [0.2, 0.25) is 5.91 Å². The van der Waals surface area contributed by atoms with Crippen LogP contribution in [0.5, 0.6) is 0 Å². The van der Waals surface area contributed by atoms with Gasteiger partial charge in [-0.25, -0.2) is 0 Å². The highest BCUT2D eigenvalue weighted by molar-refractivity contribution is 5.85. The molecule has 3 N–H and O–H groups in total. The first-order valence-electron chi connectivity index (χ1n) is 5.50. The highest BCUT2D eigenvalue weighted by atomic mass is 35.5. The highest BCUT2D eigenvalue weighted by Gasteiger charge is 2.26. The molecule has 0 radical (unpaired) electrons. The topological polar surface area (TPSA) is 55.1 Å². The van der Waals surface area contributed by atoms with E-state index < -0.39 is 0 Å². The fourth-order valence-electron chi connectivity index (χ4n) is 1.48. The van der Waals surface area contributed by atoms with Crippen LogP contribution in [0.1, 0.15) is 47.0 Å². The van der Waals surface area contributed by atoms with Crippen LogP contribution in [0.15, 0.2) is 0 Å². The molecule has 0 unspecified atom stereocenters. The Morgan fingerprint density at radius 3 is 2.07 bits per heavy atom. The second-order valence-corrected chi connectivity index (χ2v) is 4.34. The van der Waals surface area contributed by atoms with Gasteiger partial charge >= 0.3 is 0 Å². The maximum atomic E-state index is 11.6. The van der Waals surface area contributed by atoms with Crippen LogP contribution in [0.3, 0.4) is 0 Å². The van der Waals surface area contributed by atoms with Crippen molar-refractivity contribution < 1.29 is 4.79 Å². The number of carbonyl (C=O) groups excluding carboxylic acids is 1. The van der Waals surface area contributed by atoms with Gasteiger partial charge in [-0.15, -0.1) is 12.4 Å². The summed E-state index contributed by atoms with van der Waals surface area (Å²) in [4.78, 5) is 11.6. The Hall–Kier alpha value is -0.280. The van der Waals surface area contributed by atoms with E-state index in [1.54, 1.807) is 0 Å². The predicted octanol–water partition coefficient (Wildman–Crippen LogP) is 2.09. The Bertz CT molecular complexity index is 171. The van der Waals surface area contributed by atoms with Crippen molar-refractivity contribution in [2.75, 3.05) is 6.54 Å². The Labute approximate surface area is 99.6 Å². The predicted molar refractivity (Wildman–Crippen MR) is 67.2 cm³/mol. The number of hydrogen-bond donors (Lipinski definition) is 2. The van der Waals surface area contributed by atoms with Gasteiger partial charge in [0.05, 0.1) is 5.54 Å². The molecule has 0 aromatic rings. The maximum absolute atomic E-state index is 11.6.